The summed E-state index contributed by atoms with van der Waals surface area (Å²) in [6.45, 7) is 10.3. The molecule has 0 aliphatic rings. The molecule has 0 fully saturated rings. The van der Waals surface area contributed by atoms with Crippen molar-refractivity contribution in [2.24, 2.45) is 5.92 Å². The van der Waals surface area contributed by atoms with E-state index in [0.29, 0.717) is 28.2 Å². The first-order chi connectivity index (χ1) is 17.4. The zero-order valence-electron chi connectivity index (χ0n) is 20.4. The van der Waals surface area contributed by atoms with Crippen LogP contribution < -0.4 is 10.6 Å². The molecule has 0 aliphatic carbocycles. The van der Waals surface area contributed by atoms with Crippen LogP contribution in [0.25, 0.3) is 10.2 Å². The number of thioether (sulfide) groups is 1. The van der Waals surface area contributed by atoms with Gasteiger partial charge in [-0.25, -0.2) is 4.98 Å². The summed E-state index contributed by atoms with van der Waals surface area (Å²) in [6.07, 6.45) is 1.75. The van der Waals surface area contributed by atoms with Crippen LogP contribution >= 0.6 is 23.1 Å². The van der Waals surface area contributed by atoms with Crippen molar-refractivity contribution in [3.05, 3.63) is 78.1 Å². The lowest BCUT2D eigenvalue weighted by Crippen LogP contribution is -2.33. The highest BCUT2D eigenvalue weighted by Gasteiger charge is 2.26. The molecule has 2 heterocycles. The Kier molecular flexibility index (Phi) is 8.17. The number of nitrogens with zero attached hydrogens (tertiary/aromatic N) is 4. The molecule has 2 aromatic carbocycles. The molecule has 4 aromatic rings. The largest absolute Gasteiger partial charge is 0.342 e. The van der Waals surface area contributed by atoms with Gasteiger partial charge in [-0.2, -0.15) is 0 Å². The quantitative estimate of drug-likeness (QED) is 0.219. The first-order valence-corrected chi connectivity index (χ1v) is 13.4. The number of aromatic nitrogens is 4. The molecule has 0 saturated heterocycles. The predicted molar refractivity (Wildman–Crippen MR) is 145 cm³/mol. The van der Waals surface area contributed by atoms with Crippen molar-refractivity contribution >= 4 is 50.3 Å². The van der Waals surface area contributed by atoms with E-state index in [0.717, 1.165) is 15.8 Å². The highest BCUT2D eigenvalue weighted by atomic mass is 32.2. The number of benzene rings is 2. The zero-order valence-corrected chi connectivity index (χ0v) is 22.0. The number of amides is 2. The Morgan fingerprint density at radius 3 is 2.58 bits per heavy atom. The van der Waals surface area contributed by atoms with Crippen molar-refractivity contribution in [2.75, 3.05) is 11.1 Å². The Morgan fingerprint density at radius 1 is 1.14 bits per heavy atom. The fourth-order valence-corrected chi connectivity index (χ4v) is 5.24. The average molecular weight is 521 g/mol. The van der Waals surface area contributed by atoms with Crippen LogP contribution in [0.3, 0.4) is 0 Å². The number of fused-ring (bicyclic) bond motifs is 1. The van der Waals surface area contributed by atoms with E-state index in [9.17, 15) is 9.59 Å². The van der Waals surface area contributed by atoms with E-state index in [4.69, 9.17) is 0 Å². The molecule has 2 amide bonds. The third-order valence-corrected chi connectivity index (χ3v) is 7.39. The zero-order chi connectivity index (χ0) is 25.7. The van der Waals surface area contributed by atoms with E-state index < -0.39 is 0 Å². The molecule has 2 aromatic heterocycles. The van der Waals surface area contributed by atoms with Gasteiger partial charge in [0.2, 0.25) is 5.91 Å². The first kappa shape index (κ1) is 25.6. The number of para-hydroxylation sites is 1. The molecule has 0 unspecified atom stereocenters. The van der Waals surface area contributed by atoms with Gasteiger partial charge in [-0.3, -0.25) is 9.59 Å². The van der Waals surface area contributed by atoms with E-state index in [2.05, 4.69) is 32.4 Å². The third-order valence-electron chi connectivity index (χ3n) is 5.47. The molecule has 36 heavy (non-hydrogen) atoms. The number of nitrogens with one attached hydrogen (secondary N) is 2. The summed E-state index contributed by atoms with van der Waals surface area (Å²) in [7, 11) is 0. The standard InChI is InChI=1S/C26H28N6O2S2/c1-5-14-32-23(22(16(2)3)29-24(34)18-12-10-17(4)11-13-18)30-31-26(32)35-15-21(33)28-25-27-19-8-6-7-9-20(19)36-25/h5-13,16,22H,1,14-15H2,2-4H3,(H,29,34)(H,27,28,33)/t22-/m1/s1. The van der Waals surface area contributed by atoms with E-state index in [1.165, 1.54) is 23.1 Å². The molecule has 4 rings (SSSR count). The summed E-state index contributed by atoms with van der Waals surface area (Å²) < 4.78 is 2.91. The van der Waals surface area contributed by atoms with Gasteiger partial charge in [0, 0.05) is 12.1 Å². The van der Waals surface area contributed by atoms with Crippen LogP contribution in [0.15, 0.2) is 66.3 Å². The smallest absolute Gasteiger partial charge is 0.251 e. The topological polar surface area (TPSA) is 102 Å². The van der Waals surface area contributed by atoms with Crippen LogP contribution in [0.4, 0.5) is 5.13 Å². The van der Waals surface area contributed by atoms with E-state index in [1.807, 2.05) is 73.9 Å². The van der Waals surface area contributed by atoms with Gasteiger partial charge in [-0.1, -0.05) is 72.9 Å². The van der Waals surface area contributed by atoms with Gasteiger partial charge in [0.25, 0.3) is 5.91 Å². The Balaban J connectivity index is 1.47. The second kappa shape index (κ2) is 11.5. The molecule has 2 N–H and O–H groups in total. The Hall–Kier alpha value is -3.50. The van der Waals surface area contributed by atoms with Crippen molar-refractivity contribution in [1.82, 2.24) is 25.1 Å². The van der Waals surface area contributed by atoms with Crippen LogP contribution in [-0.4, -0.2) is 37.3 Å². The molecular formula is C26H28N6O2S2. The molecule has 186 valence electrons. The minimum atomic E-state index is -0.364. The van der Waals surface area contributed by atoms with E-state index >= 15 is 0 Å². The van der Waals surface area contributed by atoms with Gasteiger partial charge in [0.15, 0.2) is 16.1 Å². The number of rotatable bonds is 10. The van der Waals surface area contributed by atoms with Gasteiger partial charge < -0.3 is 15.2 Å². The van der Waals surface area contributed by atoms with Crippen molar-refractivity contribution in [3.63, 3.8) is 0 Å². The van der Waals surface area contributed by atoms with Crippen molar-refractivity contribution in [3.8, 4) is 0 Å². The summed E-state index contributed by atoms with van der Waals surface area (Å²) in [5.41, 5.74) is 2.53. The normalized spacial score (nSPS) is 12.0. The van der Waals surface area contributed by atoms with E-state index in [1.54, 1.807) is 6.08 Å². The summed E-state index contributed by atoms with van der Waals surface area (Å²) in [5.74, 6) is 0.479. The second-order valence-electron chi connectivity index (χ2n) is 8.62. The highest BCUT2D eigenvalue weighted by Crippen LogP contribution is 2.27. The monoisotopic (exact) mass is 520 g/mol. The van der Waals surface area contributed by atoms with Crippen LogP contribution in [0, 0.1) is 12.8 Å². The second-order valence-corrected chi connectivity index (χ2v) is 10.6. The Labute approximate surface area is 218 Å². The molecule has 0 bridgehead atoms. The minimum absolute atomic E-state index is 0.0624. The molecule has 1 atom stereocenters. The number of thiazole rings is 1. The fraction of sp³-hybridized carbons (Fsp3) is 0.269. The molecule has 0 spiro atoms. The van der Waals surface area contributed by atoms with Crippen LogP contribution in [0.1, 0.15) is 41.6 Å². The number of allylic oxidation sites excluding steroid dienone is 1. The Morgan fingerprint density at radius 2 is 1.89 bits per heavy atom. The lowest BCUT2D eigenvalue weighted by Gasteiger charge is -2.22. The number of hydrogen-bond acceptors (Lipinski definition) is 7. The van der Waals surface area contributed by atoms with Crippen molar-refractivity contribution < 1.29 is 9.59 Å². The van der Waals surface area contributed by atoms with Crippen LogP contribution in [0.2, 0.25) is 0 Å². The third kappa shape index (κ3) is 6.00. The summed E-state index contributed by atoms with van der Waals surface area (Å²) in [5, 5.41) is 15.8. The summed E-state index contributed by atoms with van der Waals surface area (Å²) in [4.78, 5) is 30.0. The summed E-state index contributed by atoms with van der Waals surface area (Å²) >= 11 is 2.72. The van der Waals surface area contributed by atoms with Crippen molar-refractivity contribution in [1.29, 1.82) is 0 Å². The lowest BCUT2D eigenvalue weighted by molar-refractivity contribution is -0.113. The van der Waals surface area contributed by atoms with Gasteiger partial charge in [0.1, 0.15) is 0 Å². The highest BCUT2D eigenvalue weighted by molar-refractivity contribution is 7.99. The number of aryl methyl sites for hydroxylation is 1. The average Bonchev–Trinajstić information content (AvgIpc) is 3.44. The van der Waals surface area contributed by atoms with Crippen LogP contribution in [-0.2, 0) is 11.3 Å². The molecule has 8 nitrogen and oxygen atoms in total. The fourth-order valence-electron chi connectivity index (χ4n) is 3.61. The molecule has 0 saturated carbocycles. The summed E-state index contributed by atoms with van der Waals surface area (Å²) in [6, 6.07) is 14.8. The van der Waals surface area contributed by atoms with Gasteiger partial charge in [0.05, 0.1) is 22.0 Å². The SMILES string of the molecule is C=CCn1c(SCC(=O)Nc2nc3ccccc3s2)nnc1[C@H](NC(=O)c1ccc(C)cc1)C(C)C. The van der Waals surface area contributed by atoms with E-state index in [-0.39, 0.29) is 29.5 Å². The van der Waals surface area contributed by atoms with Gasteiger partial charge in [-0.05, 0) is 37.1 Å². The maximum Gasteiger partial charge on any atom is 0.251 e. The van der Waals surface area contributed by atoms with Crippen LogP contribution in [0.5, 0.6) is 0 Å². The number of carbonyl (C=O) groups is 2. The number of anilines is 1. The lowest BCUT2D eigenvalue weighted by atomic mass is 10.0. The first-order valence-electron chi connectivity index (χ1n) is 11.6. The van der Waals surface area contributed by atoms with Gasteiger partial charge in [-0.15, -0.1) is 16.8 Å². The maximum absolute atomic E-state index is 12.9. The molecule has 0 radical (unpaired) electrons. The van der Waals surface area contributed by atoms with Crippen molar-refractivity contribution in [2.45, 2.75) is 38.5 Å². The predicted octanol–water partition coefficient (Wildman–Crippen LogP) is 5.24. The minimum Gasteiger partial charge on any atom is -0.342 e. The number of carbonyl (C=O) groups excluding carboxylic acids is 2. The molecule has 0 aliphatic heterocycles. The van der Waals surface area contributed by atoms with Gasteiger partial charge >= 0.3 is 0 Å². The molecular weight excluding hydrogens is 492 g/mol. The number of hydrogen-bond donors (Lipinski definition) is 2. The maximum atomic E-state index is 12.9. The Bertz CT molecular complexity index is 1340. The molecule has 10 heteroatoms.